The minimum atomic E-state index is -0.126. The van der Waals surface area contributed by atoms with Crippen LogP contribution >= 0.6 is 11.6 Å². The second kappa shape index (κ2) is 8.93. The molecule has 2 aromatic rings. The zero-order valence-electron chi connectivity index (χ0n) is 16.2. The molecule has 0 atom stereocenters. The number of carbonyl (C=O) groups excluding carboxylic acids is 1. The zero-order valence-corrected chi connectivity index (χ0v) is 17.0. The summed E-state index contributed by atoms with van der Waals surface area (Å²) >= 11 is 5.98. The predicted octanol–water partition coefficient (Wildman–Crippen LogP) is 4.79. The Labute approximate surface area is 170 Å². The number of halogens is 1. The van der Waals surface area contributed by atoms with Gasteiger partial charge in [0.15, 0.2) is 11.5 Å². The van der Waals surface area contributed by atoms with E-state index in [9.17, 15) is 4.79 Å². The average Bonchev–Trinajstić information content (AvgIpc) is 3.00. The molecule has 6 heteroatoms. The number of nitrogens with zero attached hydrogens (tertiary/aromatic N) is 2. The van der Waals surface area contributed by atoms with E-state index in [1.165, 1.54) is 0 Å². The van der Waals surface area contributed by atoms with Crippen molar-refractivity contribution in [3.8, 4) is 11.5 Å². The minimum Gasteiger partial charge on any atom is -0.490 e. The Hall–Kier alpha value is -2.79. The molecule has 0 spiro atoms. The van der Waals surface area contributed by atoms with E-state index in [1.807, 2.05) is 51.1 Å². The van der Waals surface area contributed by atoms with Gasteiger partial charge in [-0.3, -0.25) is 9.69 Å². The Balaban J connectivity index is 1.97. The first-order valence-corrected chi connectivity index (χ1v) is 9.73. The van der Waals surface area contributed by atoms with Crippen LogP contribution in [-0.4, -0.2) is 36.4 Å². The average molecular weight is 399 g/mol. The van der Waals surface area contributed by atoms with E-state index in [0.717, 1.165) is 11.1 Å². The van der Waals surface area contributed by atoms with Crippen LogP contribution in [0.1, 0.15) is 31.9 Å². The van der Waals surface area contributed by atoms with E-state index in [0.29, 0.717) is 47.8 Å². The minimum absolute atomic E-state index is 0.126. The molecule has 0 bridgehead atoms. The first-order chi connectivity index (χ1) is 13.6. The Morgan fingerprint density at radius 3 is 2.32 bits per heavy atom. The van der Waals surface area contributed by atoms with Gasteiger partial charge in [0.2, 0.25) is 0 Å². The van der Waals surface area contributed by atoms with Crippen LogP contribution in [0.5, 0.6) is 11.5 Å². The Morgan fingerprint density at radius 1 is 1.00 bits per heavy atom. The van der Waals surface area contributed by atoms with E-state index in [2.05, 4.69) is 4.99 Å². The molecule has 0 saturated heterocycles. The van der Waals surface area contributed by atoms with Crippen LogP contribution in [0.3, 0.4) is 0 Å². The number of amidine groups is 1. The number of carbonyl (C=O) groups is 1. The molecule has 0 saturated carbocycles. The molecule has 0 aliphatic carbocycles. The smallest absolute Gasteiger partial charge is 0.278 e. The highest BCUT2D eigenvalue weighted by atomic mass is 35.5. The van der Waals surface area contributed by atoms with E-state index in [4.69, 9.17) is 21.1 Å². The zero-order chi connectivity index (χ0) is 20.1. The fourth-order valence-electron chi connectivity index (χ4n) is 2.98. The lowest BCUT2D eigenvalue weighted by Gasteiger charge is -2.15. The molecule has 0 unspecified atom stereocenters. The van der Waals surface area contributed by atoms with Gasteiger partial charge < -0.3 is 9.47 Å². The van der Waals surface area contributed by atoms with Gasteiger partial charge in [0, 0.05) is 17.1 Å². The van der Waals surface area contributed by atoms with Gasteiger partial charge in [0.1, 0.15) is 11.5 Å². The standard InChI is InChI=1S/C22H23ClN2O3/c1-4-25-21(16-8-10-17(23)11-9-16)24-18(22(25)26)13-15-7-12-19(27-5-2)20(14-15)28-6-3/h7-14H,4-6H2,1-3H3/b18-13+. The summed E-state index contributed by atoms with van der Waals surface area (Å²) in [6.07, 6.45) is 1.77. The van der Waals surface area contributed by atoms with Gasteiger partial charge >= 0.3 is 0 Å². The van der Waals surface area contributed by atoms with Gasteiger partial charge in [-0.15, -0.1) is 0 Å². The first-order valence-electron chi connectivity index (χ1n) is 9.35. The van der Waals surface area contributed by atoms with Gasteiger partial charge in [0.25, 0.3) is 5.91 Å². The van der Waals surface area contributed by atoms with Crippen molar-refractivity contribution in [3.63, 3.8) is 0 Å². The van der Waals surface area contributed by atoms with E-state index < -0.39 is 0 Å². The third-order valence-corrected chi connectivity index (χ3v) is 4.49. The van der Waals surface area contributed by atoms with Gasteiger partial charge in [-0.1, -0.05) is 17.7 Å². The summed E-state index contributed by atoms with van der Waals surface area (Å²) in [5.74, 6) is 1.84. The maximum Gasteiger partial charge on any atom is 0.278 e. The lowest BCUT2D eigenvalue weighted by Crippen LogP contribution is -2.32. The molecule has 0 fully saturated rings. The van der Waals surface area contributed by atoms with E-state index in [1.54, 1.807) is 23.1 Å². The van der Waals surface area contributed by atoms with Crippen molar-refractivity contribution in [2.24, 2.45) is 4.99 Å². The molecule has 1 amide bonds. The number of ether oxygens (including phenoxy) is 2. The Kier molecular flexibility index (Phi) is 6.37. The number of aliphatic imine (C=N–C) groups is 1. The Morgan fingerprint density at radius 2 is 1.68 bits per heavy atom. The van der Waals surface area contributed by atoms with Crippen LogP contribution < -0.4 is 9.47 Å². The highest BCUT2D eigenvalue weighted by molar-refractivity contribution is 6.30. The molecule has 146 valence electrons. The van der Waals surface area contributed by atoms with Gasteiger partial charge in [-0.2, -0.15) is 0 Å². The van der Waals surface area contributed by atoms with Crippen molar-refractivity contribution < 1.29 is 14.3 Å². The molecule has 1 aliphatic rings. The summed E-state index contributed by atoms with van der Waals surface area (Å²) < 4.78 is 11.3. The van der Waals surface area contributed by atoms with Crippen molar-refractivity contribution in [3.05, 3.63) is 64.3 Å². The number of hydrogen-bond donors (Lipinski definition) is 0. The lowest BCUT2D eigenvalue weighted by molar-refractivity contribution is -0.122. The quantitative estimate of drug-likeness (QED) is 0.630. The largest absolute Gasteiger partial charge is 0.490 e. The van der Waals surface area contributed by atoms with Crippen LogP contribution in [0.15, 0.2) is 53.2 Å². The molecule has 2 aromatic carbocycles. The second-order valence-corrected chi connectivity index (χ2v) is 6.53. The molecule has 28 heavy (non-hydrogen) atoms. The van der Waals surface area contributed by atoms with Crippen molar-refractivity contribution >= 4 is 29.4 Å². The molecule has 1 aliphatic heterocycles. The molecule has 0 radical (unpaired) electrons. The van der Waals surface area contributed by atoms with Crippen molar-refractivity contribution in [1.82, 2.24) is 4.90 Å². The second-order valence-electron chi connectivity index (χ2n) is 6.09. The van der Waals surface area contributed by atoms with Gasteiger partial charge in [-0.25, -0.2) is 4.99 Å². The maximum atomic E-state index is 12.8. The van der Waals surface area contributed by atoms with Crippen molar-refractivity contribution in [2.45, 2.75) is 20.8 Å². The van der Waals surface area contributed by atoms with Crippen LogP contribution in [0.2, 0.25) is 5.02 Å². The normalized spacial score (nSPS) is 15.1. The summed E-state index contributed by atoms with van der Waals surface area (Å²) in [5, 5.41) is 0.644. The van der Waals surface area contributed by atoms with Gasteiger partial charge in [-0.05, 0) is 68.8 Å². The number of hydrogen-bond acceptors (Lipinski definition) is 4. The first kappa shape index (κ1) is 20.0. The SMILES string of the molecule is CCOc1ccc(/C=C2/N=C(c3ccc(Cl)cc3)N(CC)C2=O)cc1OCC. The maximum absolute atomic E-state index is 12.8. The number of likely N-dealkylation sites (N-methyl/N-ethyl adjacent to an activating group) is 1. The molecule has 0 aromatic heterocycles. The molecular weight excluding hydrogens is 376 g/mol. The summed E-state index contributed by atoms with van der Waals surface area (Å²) in [5.41, 5.74) is 2.07. The van der Waals surface area contributed by atoms with Crippen molar-refractivity contribution in [1.29, 1.82) is 0 Å². The molecule has 5 nitrogen and oxygen atoms in total. The van der Waals surface area contributed by atoms with Gasteiger partial charge in [0.05, 0.1) is 13.2 Å². The molecule has 0 N–H and O–H groups in total. The number of rotatable bonds is 7. The topological polar surface area (TPSA) is 51.1 Å². The monoisotopic (exact) mass is 398 g/mol. The third-order valence-electron chi connectivity index (χ3n) is 4.24. The highest BCUT2D eigenvalue weighted by Crippen LogP contribution is 2.30. The van der Waals surface area contributed by atoms with Crippen LogP contribution in [0.4, 0.5) is 0 Å². The van der Waals surface area contributed by atoms with Crippen molar-refractivity contribution in [2.75, 3.05) is 19.8 Å². The van der Waals surface area contributed by atoms with E-state index in [-0.39, 0.29) is 5.91 Å². The number of amides is 1. The lowest BCUT2D eigenvalue weighted by atomic mass is 10.1. The summed E-state index contributed by atoms with van der Waals surface area (Å²) in [6.45, 7) is 7.39. The fourth-order valence-corrected chi connectivity index (χ4v) is 3.10. The van der Waals surface area contributed by atoms with Crippen LogP contribution in [0, 0.1) is 0 Å². The summed E-state index contributed by atoms with van der Waals surface area (Å²) in [4.78, 5) is 19.1. The molecule has 3 rings (SSSR count). The Bertz CT molecular complexity index is 920. The van der Waals surface area contributed by atoms with Crippen LogP contribution in [0.25, 0.3) is 6.08 Å². The summed E-state index contributed by atoms with van der Waals surface area (Å²) in [7, 11) is 0. The molecular formula is C22H23ClN2O3. The third kappa shape index (κ3) is 4.20. The van der Waals surface area contributed by atoms with Crippen LogP contribution in [-0.2, 0) is 4.79 Å². The number of benzene rings is 2. The highest BCUT2D eigenvalue weighted by Gasteiger charge is 2.29. The molecule has 1 heterocycles. The fraction of sp³-hybridized carbons (Fsp3) is 0.273. The predicted molar refractivity (Wildman–Crippen MR) is 112 cm³/mol. The summed E-state index contributed by atoms with van der Waals surface area (Å²) in [6, 6.07) is 12.9. The van der Waals surface area contributed by atoms with E-state index >= 15 is 0 Å².